The van der Waals surface area contributed by atoms with E-state index >= 15 is 0 Å². The van der Waals surface area contributed by atoms with Crippen LogP contribution < -0.4 is 5.73 Å². The van der Waals surface area contributed by atoms with E-state index in [9.17, 15) is 4.79 Å². The number of hydrogen-bond acceptors (Lipinski definition) is 3. The first-order valence-electron chi connectivity index (χ1n) is 3.77. The lowest BCUT2D eigenvalue weighted by atomic mass is 9.80. The molecule has 0 amide bonds. The summed E-state index contributed by atoms with van der Waals surface area (Å²) in [6.07, 6.45) is 0. The van der Waals surface area contributed by atoms with E-state index in [2.05, 4.69) is 0 Å². The third-order valence-electron chi connectivity index (χ3n) is 2.41. The Hall–Kier alpha value is -0.570. The molecule has 1 saturated heterocycles. The van der Waals surface area contributed by atoms with E-state index in [4.69, 9.17) is 10.5 Å². The van der Waals surface area contributed by atoms with Crippen molar-refractivity contribution in [3.05, 3.63) is 0 Å². The van der Waals surface area contributed by atoms with Crippen LogP contribution in [0.3, 0.4) is 0 Å². The smallest absolute Gasteiger partial charge is 0.313 e. The molecule has 0 saturated carbocycles. The second-order valence-corrected chi connectivity index (χ2v) is 4.19. The topological polar surface area (TPSA) is 52.3 Å². The Morgan fingerprint density at radius 1 is 1.36 bits per heavy atom. The normalized spacial score (nSPS) is 33.5. The van der Waals surface area contributed by atoms with E-state index in [0.29, 0.717) is 0 Å². The third-order valence-corrected chi connectivity index (χ3v) is 2.41. The number of esters is 1. The van der Waals surface area contributed by atoms with Gasteiger partial charge in [-0.3, -0.25) is 4.79 Å². The van der Waals surface area contributed by atoms with Crippen LogP contribution in [0.25, 0.3) is 0 Å². The fourth-order valence-corrected chi connectivity index (χ4v) is 1.43. The largest absolute Gasteiger partial charge is 0.458 e. The Morgan fingerprint density at radius 3 is 1.91 bits per heavy atom. The van der Waals surface area contributed by atoms with Gasteiger partial charge < -0.3 is 10.5 Å². The number of nitrogens with two attached hydrogens (primary N) is 1. The molecule has 1 unspecified atom stereocenters. The van der Waals surface area contributed by atoms with Gasteiger partial charge in [0, 0.05) is 0 Å². The Balaban J connectivity index is 2.98. The molecule has 0 aromatic carbocycles. The van der Waals surface area contributed by atoms with Crippen molar-refractivity contribution < 1.29 is 9.53 Å². The van der Waals surface area contributed by atoms with Gasteiger partial charge in [-0.25, -0.2) is 0 Å². The molecule has 3 heteroatoms. The number of carbonyl (C=O) groups is 1. The maximum absolute atomic E-state index is 11.2. The first kappa shape index (κ1) is 8.53. The zero-order valence-corrected chi connectivity index (χ0v) is 7.47. The minimum absolute atomic E-state index is 0.199. The van der Waals surface area contributed by atoms with Crippen LogP contribution in [-0.4, -0.2) is 17.6 Å². The van der Waals surface area contributed by atoms with Crippen molar-refractivity contribution in [3.63, 3.8) is 0 Å². The number of hydrogen-bond donors (Lipinski definition) is 1. The number of carbonyl (C=O) groups excluding carboxylic acids is 1. The van der Waals surface area contributed by atoms with Gasteiger partial charge in [0.05, 0.1) is 11.5 Å². The molecule has 1 atom stereocenters. The molecule has 0 radical (unpaired) electrons. The Bertz CT molecular complexity index is 196. The minimum Gasteiger partial charge on any atom is -0.458 e. The monoisotopic (exact) mass is 157 g/mol. The predicted molar refractivity (Wildman–Crippen MR) is 41.9 cm³/mol. The highest BCUT2D eigenvalue weighted by atomic mass is 16.6. The summed E-state index contributed by atoms with van der Waals surface area (Å²) in [6.45, 7) is 7.30. The van der Waals surface area contributed by atoms with Crippen LogP contribution in [0, 0.1) is 5.41 Å². The van der Waals surface area contributed by atoms with E-state index in [1.54, 1.807) is 0 Å². The molecule has 1 aliphatic heterocycles. The summed E-state index contributed by atoms with van der Waals surface area (Å²) < 4.78 is 5.11. The van der Waals surface area contributed by atoms with Crippen LogP contribution in [0.1, 0.15) is 27.7 Å². The first-order valence-corrected chi connectivity index (χ1v) is 3.77. The summed E-state index contributed by atoms with van der Waals surface area (Å²) in [6, 6.07) is -0.220. The molecule has 2 N–H and O–H groups in total. The third kappa shape index (κ3) is 1.03. The molecule has 64 valence electrons. The molecule has 0 spiro atoms. The summed E-state index contributed by atoms with van der Waals surface area (Å²) >= 11 is 0. The van der Waals surface area contributed by atoms with Gasteiger partial charge in [0.15, 0.2) is 0 Å². The van der Waals surface area contributed by atoms with Gasteiger partial charge in [-0.2, -0.15) is 0 Å². The van der Waals surface area contributed by atoms with Gasteiger partial charge in [0.1, 0.15) is 5.60 Å². The highest BCUT2D eigenvalue weighted by Gasteiger charge is 2.53. The van der Waals surface area contributed by atoms with Gasteiger partial charge in [0.2, 0.25) is 0 Å². The van der Waals surface area contributed by atoms with Crippen molar-refractivity contribution in [1.82, 2.24) is 0 Å². The van der Waals surface area contributed by atoms with Crippen molar-refractivity contribution in [1.29, 1.82) is 0 Å². The summed E-state index contributed by atoms with van der Waals surface area (Å²) in [7, 11) is 0. The van der Waals surface area contributed by atoms with E-state index in [0.717, 1.165) is 0 Å². The van der Waals surface area contributed by atoms with Crippen LogP contribution in [0.4, 0.5) is 0 Å². The lowest BCUT2D eigenvalue weighted by Gasteiger charge is -2.25. The standard InChI is InChI=1S/C8H15NO2/c1-7(2)5(9)8(3,4)11-6(7)10/h5H,9H2,1-4H3. The van der Waals surface area contributed by atoms with Gasteiger partial charge in [0.25, 0.3) is 0 Å². The lowest BCUT2D eigenvalue weighted by molar-refractivity contribution is -0.151. The molecule has 1 fully saturated rings. The van der Waals surface area contributed by atoms with Gasteiger partial charge >= 0.3 is 5.97 Å². The molecule has 1 heterocycles. The molecular formula is C8H15NO2. The Labute approximate surface area is 66.9 Å². The summed E-state index contributed by atoms with van der Waals surface area (Å²) in [4.78, 5) is 11.2. The lowest BCUT2D eigenvalue weighted by Crippen LogP contribution is -2.46. The van der Waals surface area contributed by atoms with Crippen molar-refractivity contribution in [2.24, 2.45) is 11.1 Å². The molecular weight excluding hydrogens is 142 g/mol. The molecule has 0 aliphatic carbocycles. The quantitative estimate of drug-likeness (QED) is 0.526. The zero-order chi connectivity index (χ0) is 8.86. The number of rotatable bonds is 0. The van der Waals surface area contributed by atoms with Crippen LogP contribution in [-0.2, 0) is 9.53 Å². The second kappa shape index (κ2) is 1.97. The molecule has 0 aromatic heterocycles. The fourth-order valence-electron chi connectivity index (χ4n) is 1.43. The molecule has 1 aliphatic rings. The minimum atomic E-state index is -0.538. The van der Waals surface area contributed by atoms with E-state index in [1.165, 1.54) is 0 Å². The van der Waals surface area contributed by atoms with Crippen LogP contribution in [0.5, 0.6) is 0 Å². The fraction of sp³-hybridized carbons (Fsp3) is 0.875. The van der Waals surface area contributed by atoms with Crippen molar-refractivity contribution in [3.8, 4) is 0 Å². The SMILES string of the molecule is CC1(C)OC(=O)C(C)(C)C1N. The molecule has 1 rings (SSSR count). The Kier molecular flexibility index (Phi) is 1.53. The average molecular weight is 157 g/mol. The summed E-state index contributed by atoms with van der Waals surface area (Å²) in [5.41, 5.74) is 4.78. The van der Waals surface area contributed by atoms with Gasteiger partial charge in [-0.15, -0.1) is 0 Å². The highest BCUT2D eigenvalue weighted by molar-refractivity contribution is 5.80. The molecule has 0 aromatic rings. The summed E-state index contributed by atoms with van der Waals surface area (Å²) in [5.74, 6) is -0.199. The molecule has 3 nitrogen and oxygen atoms in total. The maximum atomic E-state index is 11.2. The second-order valence-electron chi connectivity index (χ2n) is 4.19. The predicted octanol–water partition coefficient (Wildman–Crippen LogP) is 0.675. The number of cyclic esters (lactones) is 1. The first-order chi connectivity index (χ1) is 4.78. The average Bonchev–Trinajstić information content (AvgIpc) is 1.94. The van der Waals surface area contributed by atoms with Crippen LogP contribution in [0.2, 0.25) is 0 Å². The zero-order valence-electron chi connectivity index (χ0n) is 7.47. The van der Waals surface area contributed by atoms with E-state index in [-0.39, 0.29) is 12.0 Å². The van der Waals surface area contributed by atoms with Crippen molar-refractivity contribution in [2.75, 3.05) is 0 Å². The maximum Gasteiger partial charge on any atom is 0.313 e. The molecule has 0 bridgehead atoms. The van der Waals surface area contributed by atoms with Gasteiger partial charge in [-0.1, -0.05) is 0 Å². The van der Waals surface area contributed by atoms with Crippen molar-refractivity contribution >= 4 is 5.97 Å². The van der Waals surface area contributed by atoms with E-state index < -0.39 is 11.0 Å². The molecule has 11 heavy (non-hydrogen) atoms. The van der Waals surface area contributed by atoms with Gasteiger partial charge in [-0.05, 0) is 27.7 Å². The van der Waals surface area contributed by atoms with Crippen LogP contribution >= 0.6 is 0 Å². The van der Waals surface area contributed by atoms with Crippen LogP contribution in [0.15, 0.2) is 0 Å². The van der Waals surface area contributed by atoms with E-state index in [1.807, 2.05) is 27.7 Å². The summed E-state index contributed by atoms with van der Waals surface area (Å²) in [5, 5.41) is 0. The highest BCUT2D eigenvalue weighted by Crippen LogP contribution is 2.38. The Morgan fingerprint density at radius 2 is 1.82 bits per heavy atom. The number of ether oxygens (including phenoxy) is 1. The van der Waals surface area contributed by atoms with Crippen molar-refractivity contribution in [2.45, 2.75) is 39.3 Å².